The maximum absolute atomic E-state index is 13.0. The first kappa shape index (κ1) is 23.0. The van der Waals surface area contributed by atoms with Crippen molar-refractivity contribution in [2.75, 3.05) is 0 Å². The molecule has 180 valence electrons. The van der Waals surface area contributed by atoms with Crippen molar-refractivity contribution >= 4 is 11.9 Å². The molecule has 0 bridgehead atoms. The van der Waals surface area contributed by atoms with Crippen LogP contribution in [0.15, 0.2) is 60.7 Å². The number of fused-ring (bicyclic) bond motifs is 2. The van der Waals surface area contributed by atoms with Crippen LogP contribution in [-0.4, -0.2) is 60.1 Å². The number of benzene rings is 2. The van der Waals surface area contributed by atoms with E-state index in [9.17, 15) is 9.59 Å². The van der Waals surface area contributed by atoms with Crippen molar-refractivity contribution in [3.8, 4) is 0 Å². The van der Waals surface area contributed by atoms with Gasteiger partial charge < -0.3 is 28.4 Å². The van der Waals surface area contributed by atoms with Crippen molar-refractivity contribution in [1.82, 2.24) is 0 Å². The standard InChI is InChI=1S/C26H28O8/c1-25(2)31-19-17(29-23(27)15-11-7-5-8-12-15)21-22(34-26(3,4)33-21)18(20(19)32-25)30-24(28)16-13-9-6-10-14-16/h5-14,17-22H,1-4H3/t17?,18?,19-,20-,21-,22+/m0/s1. The lowest BCUT2D eigenvalue weighted by molar-refractivity contribution is -0.183. The van der Waals surface area contributed by atoms with Gasteiger partial charge in [0.1, 0.15) is 24.4 Å². The molecule has 34 heavy (non-hydrogen) atoms. The number of hydrogen-bond acceptors (Lipinski definition) is 8. The Bertz CT molecular complexity index is 937. The molecule has 3 aliphatic rings. The third-order valence-corrected chi connectivity index (χ3v) is 6.13. The van der Waals surface area contributed by atoms with Crippen molar-refractivity contribution in [2.24, 2.45) is 0 Å². The Hall–Kier alpha value is -2.78. The number of esters is 2. The van der Waals surface area contributed by atoms with Gasteiger partial charge in [-0.1, -0.05) is 36.4 Å². The van der Waals surface area contributed by atoms with E-state index in [0.717, 1.165) is 0 Å². The SMILES string of the molecule is CC1(C)O[C@@H]2C(OC(=O)c3ccccc3)[C@@H]3OC(C)(C)O[C@H]3C(OC(=O)c3ccccc3)[C@@H]2O1. The zero-order chi connectivity index (χ0) is 24.1. The molecule has 1 aliphatic carbocycles. The fourth-order valence-electron chi connectivity index (χ4n) is 4.82. The smallest absolute Gasteiger partial charge is 0.338 e. The second kappa shape index (κ2) is 8.46. The van der Waals surface area contributed by atoms with E-state index in [0.29, 0.717) is 11.1 Å². The molecule has 2 saturated heterocycles. The summed E-state index contributed by atoms with van der Waals surface area (Å²) in [6.45, 7) is 7.05. The van der Waals surface area contributed by atoms with Crippen LogP contribution in [0.3, 0.4) is 0 Å². The van der Waals surface area contributed by atoms with E-state index in [1.165, 1.54) is 0 Å². The summed E-state index contributed by atoms with van der Waals surface area (Å²) in [5.41, 5.74) is 0.814. The molecule has 0 amide bonds. The maximum atomic E-state index is 13.0. The molecule has 0 aromatic heterocycles. The Morgan fingerprint density at radius 3 is 1.18 bits per heavy atom. The zero-order valence-corrected chi connectivity index (χ0v) is 19.5. The van der Waals surface area contributed by atoms with E-state index in [4.69, 9.17) is 28.4 Å². The van der Waals surface area contributed by atoms with E-state index >= 15 is 0 Å². The van der Waals surface area contributed by atoms with Crippen LogP contribution in [0, 0.1) is 0 Å². The van der Waals surface area contributed by atoms with Crippen LogP contribution in [-0.2, 0) is 28.4 Å². The molecule has 0 spiro atoms. The summed E-state index contributed by atoms with van der Waals surface area (Å²) < 4.78 is 36.6. The highest BCUT2D eigenvalue weighted by Crippen LogP contribution is 2.46. The zero-order valence-electron chi connectivity index (χ0n) is 19.5. The predicted octanol–water partition coefficient (Wildman–Crippen LogP) is 3.49. The van der Waals surface area contributed by atoms with Gasteiger partial charge in [0.25, 0.3) is 0 Å². The van der Waals surface area contributed by atoms with Gasteiger partial charge in [-0.15, -0.1) is 0 Å². The molecule has 2 aromatic carbocycles. The van der Waals surface area contributed by atoms with Crippen molar-refractivity contribution in [2.45, 2.75) is 75.9 Å². The van der Waals surface area contributed by atoms with Crippen LogP contribution in [0.25, 0.3) is 0 Å². The van der Waals surface area contributed by atoms with Gasteiger partial charge in [-0.05, 0) is 52.0 Å². The lowest BCUT2D eigenvalue weighted by Crippen LogP contribution is -2.63. The van der Waals surface area contributed by atoms with Crippen LogP contribution in [0.2, 0.25) is 0 Å². The number of carbonyl (C=O) groups excluding carboxylic acids is 2. The van der Waals surface area contributed by atoms with Gasteiger partial charge in [0.2, 0.25) is 0 Å². The number of hydrogen-bond donors (Lipinski definition) is 0. The highest BCUT2D eigenvalue weighted by molar-refractivity contribution is 5.90. The second-order valence-corrected chi connectivity index (χ2v) is 9.60. The number of carbonyl (C=O) groups is 2. The fraction of sp³-hybridized carbons (Fsp3) is 0.462. The highest BCUT2D eigenvalue weighted by Gasteiger charge is 2.66. The van der Waals surface area contributed by atoms with Crippen LogP contribution in [0.5, 0.6) is 0 Å². The Morgan fingerprint density at radius 2 is 0.882 bits per heavy atom. The summed E-state index contributed by atoms with van der Waals surface area (Å²) in [5, 5.41) is 0. The highest BCUT2D eigenvalue weighted by atomic mass is 16.8. The third-order valence-electron chi connectivity index (χ3n) is 6.13. The van der Waals surface area contributed by atoms with Gasteiger partial charge in [0.15, 0.2) is 23.8 Å². The molecule has 2 aromatic rings. The first-order valence-electron chi connectivity index (χ1n) is 11.4. The Kier molecular flexibility index (Phi) is 5.72. The first-order chi connectivity index (χ1) is 16.1. The van der Waals surface area contributed by atoms with Gasteiger partial charge in [0, 0.05) is 0 Å². The van der Waals surface area contributed by atoms with E-state index < -0.39 is 60.1 Å². The van der Waals surface area contributed by atoms with Gasteiger partial charge in [-0.2, -0.15) is 0 Å². The van der Waals surface area contributed by atoms with Gasteiger partial charge in [0.05, 0.1) is 11.1 Å². The topological polar surface area (TPSA) is 89.5 Å². The fourth-order valence-corrected chi connectivity index (χ4v) is 4.82. The largest absolute Gasteiger partial charge is 0.453 e. The first-order valence-corrected chi connectivity index (χ1v) is 11.4. The molecule has 8 nitrogen and oxygen atoms in total. The van der Waals surface area contributed by atoms with E-state index in [2.05, 4.69) is 0 Å². The lowest BCUT2D eigenvalue weighted by Gasteiger charge is -2.41. The molecular formula is C26H28O8. The minimum Gasteiger partial charge on any atom is -0.453 e. The minimum atomic E-state index is -0.988. The van der Waals surface area contributed by atoms with Crippen molar-refractivity contribution < 1.29 is 38.0 Å². The second-order valence-electron chi connectivity index (χ2n) is 9.60. The molecule has 6 atom stereocenters. The average Bonchev–Trinajstić information content (AvgIpc) is 3.31. The Labute approximate surface area is 198 Å². The summed E-state index contributed by atoms with van der Waals surface area (Å²) in [7, 11) is 0. The molecule has 2 unspecified atom stereocenters. The summed E-state index contributed by atoms with van der Waals surface area (Å²) >= 11 is 0. The maximum Gasteiger partial charge on any atom is 0.338 e. The number of ether oxygens (including phenoxy) is 6. The summed E-state index contributed by atoms with van der Waals surface area (Å²) in [5.74, 6) is -3.00. The molecule has 2 heterocycles. The summed E-state index contributed by atoms with van der Waals surface area (Å²) in [6.07, 6.45) is -4.58. The van der Waals surface area contributed by atoms with E-state index in [1.807, 2.05) is 12.1 Å². The molecule has 8 heteroatoms. The monoisotopic (exact) mass is 468 g/mol. The number of rotatable bonds is 4. The predicted molar refractivity (Wildman–Crippen MR) is 119 cm³/mol. The van der Waals surface area contributed by atoms with Gasteiger partial charge in [-0.3, -0.25) is 0 Å². The molecule has 1 saturated carbocycles. The summed E-state index contributed by atoms with van der Waals surface area (Å²) in [4.78, 5) is 25.9. The quantitative estimate of drug-likeness (QED) is 0.630. The van der Waals surface area contributed by atoms with Gasteiger partial charge >= 0.3 is 11.9 Å². The van der Waals surface area contributed by atoms with Crippen molar-refractivity contribution in [3.63, 3.8) is 0 Å². The molecule has 0 N–H and O–H groups in total. The van der Waals surface area contributed by atoms with Crippen molar-refractivity contribution in [1.29, 1.82) is 0 Å². The van der Waals surface area contributed by atoms with Gasteiger partial charge in [-0.25, -0.2) is 9.59 Å². The van der Waals surface area contributed by atoms with Crippen LogP contribution in [0.1, 0.15) is 48.4 Å². The summed E-state index contributed by atoms with van der Waals surface area (Å²) in [6, 6.07) is 17.4. The lowest BCUT2D eigenvalue weighted by atomic mass is 9.84. The normalized spacial score (nSPS) is 32.9. The van der Waals surface area contributed by atoms with Crippen LogP contribution in [0.4, 0.5) is 0 Å². The molecule has 3 fully saturated rings. The third kappa shape index (κ3) is 4.34. The molecule has 2 aliphatic heterocycles. The Balaban J connectivity index is 1.47. The molecular weight excluding hydrogens is 440 g/mol. The average molecular weight is 469 g/mol. The Morgan fingerprint density at radius 1 is 0.588 bits per heavy atom. The molecule has 0 radical (unpaired) electrons. The van der Waals surface area contributed by atoms with E-state index in [1.54, 1.807) is 76.2 Å². The van der Waals surface area contributed by atoms with Crippen LogP contribution < -0.4 is 0 Å². The van der Waals surface area contributed by atoms with Crippen molar-refractivity contribution in [3.05, 3.63) is 71.8 Å². The van der Waals surface area contributed by atoms with Crippen LogP contribution >= 0.6 is 0 Å². The molecule has 5 rings (SSSR count). The van der Waals surface area contributed by atoms with E-state index in [-0.39, 0.29) is 0 Å². The minimum absolute atomic E-state index is 0.407.